The van der Waals surface area contributed by atoms with Gasteiger partial charge in [0.1, 0.15) is 17.3 Å². The van der Waals surface area contributed by atoms with E-state index in [1.165, 1.54) is 12.8 Å². The van der Waals surface area contributed by atoms with Crippen LogP contribution in [-0.2, 0) is 6.54 Å². The molecule has 0 radical (unpaired) electrons. The SMILES string of the molecule is C=CCn1c(C2CC2)nc(-c2ccc(Br)c(Cl)c2)c1N. The molecule has 1 aromatic heterocycles. The van der Waals surface area contributed by atoms with E-state index in [0.29, 0.717) is 23.3 Å². The number of nitrogens with two attached hydrogens (primary N) is 1. The second kappa shape index (κ2) is 5.26. The molecule has 5 heteroatoms. The summed E-state index contributed by atoms with van der Waals surface area (Å²) in [7, 11) is 0. The highest BCUT2D eigenvalue weighted by Gasteiger charge is 2.30. The zero-order chi connectivity index (χ0) is 14.3. The Bertz CT molecular complexity index is 674. The van der Waals surface area contributed by atoms with Gasteiger partial charge in [-0.25, -0.2) is 4.98 Å². The molecule has 0 unspecified atom stereocenters. The molecule has 0 saturated heterocycles. The van der Waals surface area contributed by atoms with Gasteiger partial charge in [-0.1, -0.05) is 23.7 Å². The molecule has 0 amide bonds. The minimum absolute atomic E-state index is 0.539. The van der Waals surface area contributed by atoms with Crippen LogP contribution in [0.3, 0.4) is 0 Å². The van der Waals surface area contributed by atoms with Crippen molar-refractivity contribution in [2.45, 2.75) is 25.3 Å². The summed E-state index contributed by atoms with van der Waals surface area (Å²) in [4.78, 5) is 4.75. The molecule has 1 heterocycles. The van der Waals surface area contributed by atoms with Gasteiger partial charge in [-0.2, -0.15) is 0 Å². The number of nitrogens with zero attached hydrogens (tertiary/aromatic N) is 2. The van der Waals surface area contributed by atoms with Gasteiger partial charge in [-0.3, -0.25) is 0 Å². The molecular weight excluding hydrogens is 338 g/mol. The fourth-order valence-corrected chi connectivity index (χ4v) is 2.74. The number of aromatic nitrogens is 2. The first kappa shape index (κ1) is 13.7. The van der Waals surface area contributed by atoms with E-state index >= 15 is 0 Å². The van der Waals surface area contributed by atoms with Crippen LogP contribution in [0.4, 0.5) is 5.82 Å². The molecule has 0 bridgehead atoms. The molecule has 0 spiro atoms. The van der Waals surface area contributed by atoms with E-state index < -0.39 is 0 Å². The van der Waals surface area contributed by atoms with Crippen LogP contribution in [0.2, 0.25) is 5.02 Å². The lowest BCUT2D eigenvalue weighted by molar-refractivity contribution is 0.750. The quantitative estimate of drug-likeness (QED) is 0.816. The van der Waals surface area contributed by atoms with E-state index in [2.05, 4.69) is 27.1 Å². The number of anilines is 1. The van der Waals surface area contributed by atoms with Crippen LogP contribution in [0.1, 0.15) is 24.6 Å². The molecule has 1 aliphatic rings. The zero-order valence-electron chi connectivity index (χ0n) is 10.9. The van der Waals surface area contributed by atoms with Crippen LogP contribution in [0, 0.1) is 0 Å². The van der Waals surface area contributed by atoms with Crippen molar-refractivity contribution in [2.24, 2.45) is 0 Å². The highest BCUT2D eigenvalue weighted by Crippen LogP contribution is 2.42. The minimum Gasteiger partial charge on any atom is -0.383 e. The van der Waals surface area contributed by atoms with Crippen LogP contribution in [-0.4, -0.2) is 9.55 Å². The number of rotatable bonds is 4. The predicted octanol–water partition coefficient (Wildman–Crippen LogP) is 4.61. The molecule has 0 atom stereocenters. The van der Waals surface area contributed by atoms with Crippen molar-refractivity contribution in [1.29, 1.82) is 0 Å². The lowest BCUT2D eigenvalue weighted by Crippen LogP contribution is -2.05. The largest absolute Gasteiger partial charge is 0.383 e. The molecule has 2 aromatic rings. The van der Waals surface area contributed by atoms with E-state index in [-0.39, 0.29) is 0 Å². The number of benzene rings is 1. The van der Waals surface area contributed by atoms with Crippen molar-refractivity contribution in [1.82, 2.24) is 9.55 Å². The molecule has 1 fully saturated rings. The summed E-state index contributed by atoms with van der Waals surface area (Å²) < 4.78 is 2.92. The minimum atomic E-state index is 0.539. The first-order chi connectivity index (χ1) is 9.61. The van der Waals surface area contributed by atoms with Crippen molar-refractivity contribution in [3.63, 3.8) is 0 Å². The lowest BCUT2D eigenvalue weighted by Gasteiger charge is -2.06. The molecule has 2 N–H and O–H groups in total. The van der Waals surface area contributed by atoms with Crippen LogP contribution in [0.5, 0.6) is 0 Å². The first-order valence-electron chi connectivity index (χ1n) is 6.54. The van der Waals surface area contributed by atoms with Crippen molar-refractivity contribution in [3.05, 3.63) is 46.2 Å². The maximum atomic E-state index is 6.27. The van der Waals surface area contributed by atoms with Crippen molar-refractivity contribution in [2.75, 3.05) is 5.73 Å². The van der Waals surface area contributed by atoms with E-state index in [1.54, 1.807) is 0 Å². The van der Waals surface area contributed by atoms with Gasteiger partial charge in [0, 0.05) is 22.5 Å². The Balaban J connectivity index is 2.10. The number of halogens is 2. The maximum Gasteiger partial charge on any atom is 0.132 e. The van der Waals surface area contributed by atoms with Crippen LogP contribution in [0.15, 0.2) is 35.3 Å². The number of allylic oxidation sites excluding steroid dienone is 1. The summed E-state index contributed by atoms with van der Waals surface area (Å²) in [5.74, 6) is 2.29. The third kappa shape index (κ3) is 2.38. The van der Waals surface area contributed by atoms with Gasteiger partial charge in [0.15, 0.2) is 0 Å². The standard InChI is InChI=1S/C15H15BrClN3/c1-2-7-20-14(18)13(19-15(20)9-3-4-9)10-5-6-11(16)12(17)8-10/h2,5-6,8-9H,1,3-4,7,18H2. The van der Waals surface area contributed by atoms with Crippen LogP contribution < -0.4 is 5.73 Å². The van der Waals surface area contributed by atoms with Gasteiger partial charge >= 0.3 is 0 Å². The third-order valence-electron chi connectivity index (χ3n) is 3.48. The first-order valence-corrected chi connectivity index (χ1v) is 7.71. The predicted molar refractivity (Wildman–Crippen MR) is 87.0 cm³/mol. The highest BCUT2D eigenvalue weighted by molar-refractivity contribution is 9.10. The summed E-state index contributed by atoms with van der Waals surface area (Å²) in [6, 6.07) is 5.78. The summed E-state index contributed by atoms with van der Waals surface area (Å²) in [5, 5.41) is 0.660. The van der Waals surface area contributed by atoms with Crippen molar-refractivity contribution in [3.8, 4) is 11.3 Å². The molecule has 104 valence electrons. The molecule has 1 saturated carbocycles. The number of hydrogen-bond donors (Lipinski definition) is 1. The second-order valence-electron chi connectivity index (χ2n) is 5.01. The van der Waals surface area contributed by atoms with Gasteiger partial charge in [0.2, 0.25) is 0 Å². The summed E-state index contributed by atoms with van der Waals surface area (Å²) in [6.07, 6.45) is 4.23. The Morgan fingerprint density at radius 1 is 1.50 bits per heavy atom. The van der Waals surface area contributed by atoms with Gasteiger partial charge < -0.3 is 10.3 Å². The molecule has 20 heavy (non-hydrogen) atoms. The van der Waals surface area contributed by atoms with E-state index in [0.717, 1.165) is 21.6 Å². The average molecular weight is 353 g/mol. The normalized spacial score (nSPS) is 14.5. The van der Waals surface area contributed by atoms with E-state index in [1.807, 2.05) is 24.3 Å². The topological polar surface area (TPSA) is 43.8 Å². The molecule has 3 rings (SSSR count). The Kier molecular flexibility index (Phi) is 3.61. The van der Waals surface area contributed by atoms with Crippen molar-refractivity contribution >= 4 is 33.3 Å². The molecule has 3 nitrogen and oxygen atoms in total. The molecule has 0 aliphatic heterocycles. The Hall–Kier alpha value is -1.26. The fourth-order valence-electron chi connectivity index (χ4n) is 2.31. The Morgan fingerprint density at radius 2 is 2.25 bits per heavy atom. The van der Waals surface area contributed by atoms with Gasteiger partial charge in [0.25, 0.3) is 0 Å². The Labute approximate surface area is 131 Å². The summed E-state index contributed by atoms with van der Waals surface area (Å²) in [5.41, 5.74) is 8.03. The average Bonchev–Trinajstić information content (AvgIpc) is 3.21. The highest BCUT2D eigenvalue weighted by atomic mass is 79.9. The van der Waals surface area contributed by atoms with Gasteiger partial charge in [0.05, 0.1) is 5.02 Å². The van der Waals surface area contributed by atoms with Crippen LogP contribution in [0.25, 0.3) is 11.3 Å². The molecule has 1 aromatic carbocycles. The lowest BCUT2D eigenvalue weighted by atomic mass is 10.1. The van der Waals surface area contributed by atoms with Gasteiger partial charge in [-0.05, 0) is 40.9 Å². The maximum absolute atomic E-state index is 6.27. The second-order valence-corrected chi connectivity index (χ2v) is 6.27. The molecular formula is C15H15BrClN3. The summed E-state index contributed by atoms with van der Waals surface area (Å²) >= 11 is 9.56. The number of nitrogen functional groups attached to an aromatic ring is 1. The third-order valence-corrected chi connectivity index (χ3v) is 4.72. The summed E-state index contributed by atoms with van der Waals surface area (Å²) in [6.45, 7) is 4.48. The monoisotopic (exact) mass is 351 g/mol. The van der Waals surface area contributed by atoms with E-state index in [9.17, 15) is 0 Å². The molecule has 1 aliphatic carbocycles. The smallest absolute Gasteiger partial charge is 0.132 e. The fraction of sp³-hybridized carbons (Fsp3) is 0.267. The number of hydrogen-bond acceptors (Lipinski definition) is 2. The van der Waals surface area contributed by atoms with E-state index in [4.69, 9.17) is 22.3 Å². The van der Waals surface area contributed by atoms with Crippen LogP contribution >= 0.6 is 27.5 Å². The van der Waals surface area contributed by atoms with Crippen molar-refractivity contribution < 1.29 is 0 Å². The van der Waals surface area contributed by atoms with Gasteiger partial charge in [-0.15, -0.1) is 6.58 Å². The Morgan fingerprint density at radius 3 is 2.85 bits per heavy atom. The zero-order valence-corrected chi connectivity index (χ0v) is 13.3. The number of imidazole rings is 1.